The van der Waals surface area contributed by atoms with Gasteiger partial charge in [-0.15, -0.1) is 5.10 Å². The molecule has 3 rings (SSSR count). The zero-order chi connectivity index (χ0) is 10.3. The van der Waals surface area contributed by atoms with Crippen LogP contribution in [0.3, 0.4) is 0 Å². The van der Waals surface area contributed by atoms with Crippen molar-refractivity contribution in [3.05, 3.63) is 11.4 Å². The molecule has 15 heavy (non-hydrogen) atoms. The maximum atomic E-state index is 5.58. The van der Waals surface area contributed by atoms with E-state index in [2.05, 4.69) is 27.2 Å². The number of nitrogens with zero attached hydrogens (tertiary/aromatic N) is 3. The van der Waals surface area contributed by atoms with E-state index in [-0.39, 0.29) is 6.10 Å². The fourth-order valence-electron chi connectivity index (χ4n) is 2.46. The van der Waals surface area contributed by atoms with Crippen LogP contribution in [0.1, 0.15) is 30.8 Å². The van der Waals surface area contributed by atoms with Crippen LogP contribution in [0.4, 0.5) is 0 Å². The number of hydrogen-bond donors (Lipinski definition) is 1. The average molecular weight is 208 g/mol. The third-order valence-corrected chi connectivity index (χ3v) is 3.35. The molecule has 0 spiro atoms. The van der Waals surface area contributed by atoms with E-state index in [0.717, 1.165) is 38.2 Å². The van der Waals surface area contributed by atoms with Gasteiger partial charge in [-0.05, 0) is 13.3 Å². The van der Waals surface area contributed by atoms with Crippen LogP contribution in [0.25, 0.3) is 0 Å². The smallest absolute Gasteiger partial charge is 0.0997 e. The van der Waals surface area contributed by atoms with Crippen LogP contribution < -0.4 is 5.32 Å². The van der Waals surface area contributed by atoms with Gasteiger partial charge < -0.3 is 10.1 Å². The molecule has 0 amide bonds. The van der Waals surface area contributed by atoms with Crippen molar-refractivity contribution in [2.45, 2.75) is 38.5 Å². The minimum atomic E-state index is 0.269. The molecule has 0 bridgehead atoms. The number of aromatic nitrogens is 3. The lowest BCUT2D eigenvalue weighted by molar-refractivity contribution is 0.104. The second-order valence-corrected chi connectivity index (χ2v) is 4.29. The summed E-state index contributed by atoms with van der Waals surface area (Å²) in [4.78, 5) is 0. The molecule has 1 fully saturated rings. The molecule has 2 aliphatic heterocycles. The third-order valence-electron chi connectivity index (χ3n) is 3.35. The van der Waals surface area contributed by atoms with Crippen LogP contribution in [0.15, 0.2) is 0 Å². The van der Waals surface area contributed by atoms with Gasteiger partial charge >= 0.3 is 0 Å². The Balaban J connectivity index is 1.94. The first-order valence-electron chi connectivity index (χ1n) is 5.61. The Morgan fingerprint density at radius 1 is 1.53 bits per heavy atom. The molecule has 0 aromatic carbocycles. The van der Waals surface area contributed by atoms with Crippen molar-refractivity contribution in [1.29, 1.82) is 0 Å². The van der Waals surface area contributed by atoms with Gasteiger partial charge in [-0.2, -0.15) is 0 Å². The highest BCUT2D eigenvalue weighted by molar-refractivity contribution is 5.14. The van der Waals surface area contributed by atoms with Gasteiger partial charge in [0.25, 0.3) is 0 Å². The molecule has 3 heterocycles. The lowest BCUT2D eigenvalue weighted by Crippen LogP contribution is -2.27. The Hall–Kier alpha value is -0.940. The Labute approximate surface area is 88.8 Å². The molecule has 5 nitrogen and oxygen atoms in total. The summed E-state index contributed by atoms with van der Waals surface area (Å²) in [6, 6.07) is 0.388. The van der Waals surface area contributed by atoms with E-state index in [1.54, 1.807) is 0 Å². The highest BCUT2D eigenvalue weighted by atomic mass is 16.5. The largest absolute Gasteiger partial charge is 0.376 e. The molecule has 82 valence electrons. The van der Waals surface area contributed by atoms with Crippen LogP contribution in [0.5, 0.6) is 0 Å². The van der Waals surface area contributed by atoms with E-state index < -0.39 is 0 Å². The van der Waals surface area contributed by atoms with Gasteiger partial charge in [0.15, 0.2) is 0 Å². The molecule has 1 N–H and O–H groups in total. The molecule has 0 aliphatic carbocycles. The molecule has 5 heteroatoms. The molecule has 0 saturated carbocycles. The quantitative estimate of drug-likeness (QED) is 0.720. The lowest BCUT2D eigenvalue weighted by Gasteiger charge is -2.19. The van der Waals surface area contributed by atoms with Crippen molar-refractivity contribution >= 4 is 0 Å². The van der Waals surface area contributed by atoms with Crippen molar-refractivity contribution in [2.75, 3.05) is 13.2 Å². The van der Waals surface area contributed by atoms with Gasteiger partial charge in [0.05, 0.1) is 23.5 Å². The van der Waals surface area contributed by atoms with Gasteiger partial charge in [-0.1, -0.05) is 5.21 Å². The van der Waals surface area contributed by atoms with E-state index in [1.807, 2.05) is 0 Å². The number of fused-ring (bicyclic) bond motifs is 1. The number of hydrogen-bond acceptors (Lipinski definition) is 4. The number of ether oxygens (including phenoxy) is 1. The number of rotatable bonds is 1. The van der Waals surface area contributed by atoms with Crippen LogP contribution in [0, 0.1) is 0 Å². The molecule has 2 aliphatic rings. The first-order valence-corrected chi connectivity index (χ1v) is 5.61. The summed E-state index contributed by atoms with van der Waals surface area (Å²) in [5.41, 5.74) is 2.41. The van der Waals surface area contributed by atoms with E-state index in [1.165, 1.54) is 5.69 Å². The summed E-state index contributed by atoms with van der Waals surface area (Å²) in [6.45, 7) is 4.85. The minimum absolute atomic E-state index is 0.269. The second-order valence-electron chi connectivity index (χ2n) is 4.29. The standard InChI is InChI=1S/C10H16N4O/c1-7-9(3-5-15-7)14-10-2-4-11-6-8(10)12-13-14/h7,9,11H,2-6H2,1H3. The zero-order valence-electron chi connectivity index (χ0n) is 8.94. The predicted octanol–water partition coefficient (Wildman–Crippen LogP) is 0.274. The highest BCUT2D eigenvalue weighted by Crippen LogP contribution is 2.27. The first-order chi connectivity index (χ1) is 7.36. The van der Waals surface area contributed by atoms with Crippen LogP contribution in [0.2, 0.25) is 0 Å². The Morgan fingerprint density at radius 2 is 2.47 bits per heavy atom. The van der Waals surface area contributed by atoms with Gasteiger partial charge in [-0.3, -0.25) is 0 Å². The van der Waals surface area contributed by atoms with Crippen molar-refractivity contribution in [3.63, 3.8) is 0 Å². The Kier molecular flexibility index (Phi) is 2.21. The van der Waals surface area contributed by atoms with Crippen molar-refractivity contribution in [1.82, 2.24) is 20.3 Å². The second kappa shape index (κ2) is 3.57. The molecule has 1 aromatic rings. The lowest BCUT2D eigenvalue weighted by atomic mass is 10.1. The van der Waals surface area contributed by atoms with E-state index in [4.69, 9.17) is 4.74 Å². The topological polar surface area (TPSA) is 52.0 Å². The predicted molar refractivity (Wildman–Crippen MR) is 54.5 cm³/mol. The summed E-state index contributed by atoms with van der Waals surface area (Å²) < 4.78 is 7.67. The van der Waals surface area contributed by atoms with Crippen LogP contribution in [-0.2, 0) is 17.7 Å². The fraction of sp³-hybridized carbons (Fsp3) is 0.800. The third kappa shape index (κ3) is 1.46. The normalized spacial score (nSPS) is 30.5. The molecule has 1 aromatic heterocycles. The van der Waals surface area contributed by atoms with E-state index in [9.17, 15) is 0 Å². The van der Waals surface area contributed by atoms with Crippen molar-refractivity contribution in [3.8, 4) is 0 Å². The first kappa shape index (κ1) is 9.30. The molecule has 0 radical (unpaired) electrons. The summed E-state index contributed by atoms with van der Waals surface area (Å²) in [6.07, 6.45) is 2.36. The Morgan fingerprint density at radius 3 is 3.27 bits per heavy atom. The molecular weight excluding hydrogens is 192 g/mol. The van der Waals surface area contributed by atoms with E-state index >= 15 is 0 Å². The maximum Gasteiger partial charge on any atom is 0.0997 e. The van der Waals surface area contributed by atoms with Crippen molar-refractivity contribution < 1.29 is 4.74 Å². The molecule has 2 unspecified atom stereocenters. The monoisotopic (exact) mass is 208 g/mol. The maximum absolute atomic E-state index is 5.58. The summed E-state index contributed by atoms with van der Waals surface area (Å²) in [7, 11) is 0. The summed E-state index contributed by atoms with van der Waals surface area (Å²) in [5, 5.41) is 11.8. The summed E-state index contributed by atoms with van der Waals surface area (Å²) in [5.74, 6) is 0. The van der Waals surface area contributed by atoms with Crippen LogP contribution in [-0.4, -0.2) is 34.2 Å². The van der Waals surface area contributed by atoms with Gasteiger partial charge in [0.1, 0.15) is 0 Å². The minimum Gasteiger partial charge on any atom is -0.376 e. The SMILES string of the molecule is CC1OCCC1n1nnc2c1CCNC2. The molecule has 2 atom stereocenters. The zero-order valence-corrected chi connectivity index (χ0v) is 8.94. The fourth-order valence-corrected chi connectivity index (χ4v) is 2.46. The van der Waals surface area contributed by atoms with Gasteiger partial charge in [0.2, 0.25) is 0 Å². The van der Waals surface area contributed by atoms with Gasteiger partial charge in [0, 0.05) is 26.1 Å². The summed E-state index contributed by atoms with van der Waals surface area (Å²) >= 11 is 0. The number of nitrogens with one attached hydrogen (secondary N) is 1. The molecular formula is C10H16N4O. The van der Waals surface area contributed by atoms with E-state index in [0.29, 0.717) is 6.04 Å². The Bertz CT molecular complexity index is 362. The average Bonchev–Trinajstić information content (AvgIpc) is 2.83. The van der Waals surface area contributed by atoms with Crippen LogP contribution >= 0.6 is 0 Å². The highest BCUT2D eigenvalue weighted by Gasteiger charge is 2.30. The molecule has 1 saturated heterocycles. The van der Waals surface area contributed by atoms with Crippen molar-refractivity contribution in [2.24, 2.45) is 0 Å². The van der Waals surface area contributed by atoms with Gasteiger partial charge in [-0.25, -0.2) is 4.68 Å².